The molecule has 2 aromatic carbocycles. The van der Waals surface area contributed by atoms with Crippen molar-refractivity contribution in [3.05, 3.63) is 71.8 Å². The lowest BCUT2D eigenvalue weighted by atomic mass is 10.1. The number of benzene rings is 2. The van der Waals surface area contributed by atoms with Crippen LogP contribution in [0.5, 0.6) is 0 Å². The second kappa shape index (κ2) is 6.26. The molecule has 21 heavy (non-hydrogen) atoms. The summed E-state index contributed by atoms with van der Waals surface area (Å²) in [5.74, 6) is -0.404. The van der Waals surface area contributed by atoms with Crippen LogP contribution in [-0.2, 0) is 11.0 Å². The Morgan fingerprint density at radius 2 is 1.71 bits per heavy atom. The number of rotatable bonds is 3. The molecule has 108 valence electrons. The molecule has 0 bridgehead atoms. The van der Waals surface area contributed by atoms with Crippen molar-refractivity contribution in [1.29, 1.82) is 0 Å². The van der Waals surface area contributed by atoms with Crippen LogP contribution in [-0.4, -0.2) is 5.91 Å². The van der Waals surface area contributed by atoms with Gasteiger partial charge in [0.05, 0.1) is 5.56 Å². The molecule has 0 saturated carbocycles. The minimum absolute atomic E-state index is 0.313. The molecule has 1 amide bonds. The summed E-state index contributed by atoms with van der Waals surface area (Å²) in [6.07, 6.45) is -1.86. The molecule has 0 aliphatic rings. The van der Waals surface area contributed by atoms with Gasteiger partial charge in [0.1, 0.15) is 0 Å². The first-order valence-corrected chi connectivity index (χ1v) is 6.16. The molecule has 0 radical (unpaired) electrons. The summed E-state index contributed by atoms with van der Waals surface area (Å²) in [5, 5.41) is 2.61. The van der Waals surface area contributed by atoms with E-state index in [1.54, 1.807) is 24.3 Å². The first-order chi connectivity index (χ1) is 9.95. The van der Waals surface area contributed by atoms with E-state index in [1.165, 1.54) is 24.3 Å². The summed E-state index contributed by atoms with van der Waals surface area (Å²) in [6.45, 7) is 0. The van der Waals surface area contributed by atoms with Crippen LogP contribution < -0.4 is 5.32 Å². The molecule has 0 aliphatic heterocycles. The number of anilines is 1. The van der Waals surface area contributed by atoms with Crippen molar-refractivity contribution in [3.8, 4) is 0 Å². The molecule has 2 aromatic rings. The number of carbonyl (C=O) groups is 1. The number of para-hydroxylation sites is 1. The van der Waals surface area contributed by atoms with Crippen LogP contribution >= 0.6 is 0 Å². The van der Waals surface area contributed by atoms with E-state index in [0.29, 0.717) is 11.3 Å². The van der Waals surface area contributed by atoms with Crippen molar-refractivity contribution in [1.82, 2.24) is 0 Å². The molecule has 0 aromatic heterocycles. The Balaban J connectivity index is 2.06. The minimum Gasteiger partial charge on any atom is -0.323 e. The standard InChI is InChI=1S/C16H12F3NO/c17-16(18,19)13-6-4-5-12(11-13)9-10-15(21)20-14-7-2-1-3-8-14/h1-11H,(H,20,21). The van der Waals surface area contributed by atoms with Crippen LogP contribution in [0.2, 0.25) is 0 Å². The van der Waals surface area contributed by atoms with Gasteiger partial charge in [0, 0.05) is 11.8 Å². The number of hydrogen-bond donors (Lipinski definition) is 1. The zero-order valence-electron chi connectivity index (χ0n) is 10.9. The van der Waals surface area contributed by atoms with Gasteiger partial charge in [-0.2, -0.15) is 13.2 Å². The summed E-state index contributed by atoms with van der Waals surface area (Å²) >= 11 is 0. The summed E-state index contributed by atoms with van der Waals surface area (Å²) in [6, 6.07) is 13.6. The van der Waals surface area contributed by atoms with Crippen molar-refractivity contribution in [2.24, 2.45) is 0 Å². The highest BCUT2D eigenvalue weighted by Gasteiger charge is 2.30. The van der Waals surface area contributed by atoms with Crippen LogP contribution in [0.4, 0.5) is 18.9 Å². The van der Waals surface area contributed by atoms with E-state index < -0.39 is 17.6 Å². The van der Waals surface area contributed by atoms with E-state index in [9.17, 15) is 18.0 Å². The average molecular weight is 291 g/mol. The summed E-state index contributed by atoms with van der Waals surface area (Å²) in [5.41, 5.74) is 0.192. The zero-order chi connectivity index (χ0) is 15.3. The lowest BCUT2D eigenvalue weighted by Gasteiger charge is -2.06. The number of carbonyl (C=O) groups excluding carboxylic acids is 1. The molecule has 0 heterocycles. The Kier molecular flexibility index (Phi) is 4.42. The van der Waals surface area contributed by atoms with Gasteiger partial charge in [0.25, 0.3) is 0 Å². The van der Waals surface area contributed by atoms with E-state index >= 15 is 0 Å². The van der Waals surface area contributed by atoms with Gasteiger partial charge in [-0.05, 0) is 35.9 Å². The van der Waals surface area contributed by atoms with Crippen LogP contribution in [0.3, 0.4) is 0 Å². The summed E-state index contributed by atoms with van der Waals surface area (Å²) in [7, 11) is 0. The summed E-state index contributed by atoms with van der Waals surface area (Å²) in [4.78, 5) is 11.6. The van der Waals surface area contributed by atoms with E-state index in [2.05, 4.69) is 5.32 Å². The van der Waals surface area contributed by atoms with Gasteiger partial charge < -0.3 is 5.32 Å². The maximum atomic E-state index is 12.6. The van der Waals surface area contributed by atoms with E-state index in [-0.39, 0.29) is 0 Å². The number of nitrogens with one attached hydrogen (secondary N) is 1. The number of halogens is 3. The van der Waals surface area contributed by atoms with Crippen LogP contribution in [0.15, 0.2) is 60.7 Å². The number of amides is 1. The van der Waals surface area contributed by atoms with Crippen LogP contribution in [0.1, 0.15) is 11.1 Å². The van der Waals surface area contributed by atoms with Gasteiger partial charge in [-0.3, -0.25) is 4.79 Å². The number of hydrogen-bond acceptors (Lipinski definition) is 1. The van der Waals surface area contributed by atoms with Gasteiger partial charge >= 0.3 is 6.18 Å². The third-order valence-corrected chi connectivity index (χ3v) is 2.68. The van der Waals surface area contributed by atoms with Crippen molar-refractivity contribution in [2.45, 2.75) is 6.18 Å². The molecule has 1 N–H and O–H groups in total. The second-order valence-corrected chi connectivity index (χ2v) is 4.31. The fourth-order valence-corrected chi connectivity index (χ4v) is 1.70. The predicted octanol–water partition coefficient (Wildman–Crippen LogP) is 4.36. The fraction of sp³-hybridized carbons (Fsp3) is 0.0625. The molecule has 0 spiro atoms. The quantitative estimate of drug-likeness (QED) is 0.836. The number of alkyl halides is 3. The topological polar surface area (TPSA) is 29.1 Å². The Hall–Kier alpha value is -2.56. The van der Waals surface area contributed by atoms with E-state index in [1.807, 2.05) is 6.07 Å². The van der Waals surface area contributed by atoms with E-state index in [4.69, 9.17) is 0 Å². The van der Waals surface area contributed by atoms with Gasteiger partial charge in [-0.1, -0.05) is 30.3 Å². The second-order valence-electron chi connectivity index (χ2n) is 4.31. The highest BCUT2D eigenvalue weighted by Crippen LogP contribution is 2.29. The molecule has 2 nitrogen and oxygen atoms in total. The lowest BCUT2D eigenvalue weighted by Crippen LogP contribution is -2.07. The largest absolute Gasteiger partial charge is 0.416 e. The molecule has 0 atom stereocenters. The maximum Gasteiger partial charge on any atom is 0.416 e. The first-order valence-electron chi connectivity index (χ1n) is 6.16. The van der Waals surface area contributed by atoms with Gasteiger partial charge in [-0.15, -0.1) is 0 Å². The van der Waals surface area contributed by atoms with Crippen LogP contribution in [0.25, 0.3) is 6.08 Å². The molecule has 0 unspecified atom stereocenters. The lowest BCUT2D eigenvalue weighted by molar-refractivity contribution is -0.137. The fourth-order valence-electron chi connectivity index (χ4n) is 1.70. The molecular weight excluding hydrogens is 279 g/mol. The molecule has 5 heteroatoms. The molecule has 0 saturated heterocycles. The normalized spacial score (nSPS) is 11.6. The third-order valence-electron chi connectivity index (χ3n) is 2.68. The smallest absolute Gasteiger partial charge is 0.323 e. The SMILES string of the molecule is O=C(C=Cc1cccc(C(F)(F)F)c1)Nc1ccccc1. The van der Waals surface area contributed by atoms with Crippen molar-refractivity contribution in [3.63, 3.8) is 0 Å². The van der Waals surface area contributed by atoms with Gasteiger partial charge in [-0.25, -0.2) is 0 Å². The highest BCUT2D eigenvalue weighted by atomic mass is 19.4. The minimum atomic E-state index is -4.39. The van der Waals surface area contributed by atoms with Crippen molar-refractivity contribution < 1.29 is 18.0 Å². The average Bonchev–Trinajstić information content (AvgIpc) is 2.46. The van der Waals surface area contributed by atoms with Crippen molar-refractivity contribution >= 4 is 17.7 Å². The first kappa shape index (κ1) is 14.8. The summed E-state index contributed by atoms with van der Waals surface area (Å²) < 4.78 is 37.7. The Labute approximate surface area is 119 Å². The Bertz CT molecular complexity index is 648. The maximum absolute atomic E-state index is 12.6. The van der Waals surface area contributed by atoms with Gasteiger partial charge in [0.15, 0.2) is 0 Å². The Morgan fingerprint density at radius 1 is 1.00 bits per heavy atom. The molecule has 0 fully saturated rings. The van der Waals surface area contributed by atoms with Crippen LogP contribution in [0, 0.1) is 0 Å². The monoisotopic (exact) mass is 291 g/mol. The highest BCUT2D eigenvalue weighted by molar-refractivity contribution is 6.01. The molecule has 0 aliphatic carbocycles. The molecular formula is C16H12F3NO. The Morgan fingerprint density at radius 3 is 2.38 bits per heavy atom. The van der Waals surface area contributed by atoms with Crippen molar-refractivity contribution in [2.75, 3.05) is 5.32 Å². The zero-order valence-corrected chi connectivity index (χ0v) is 10.9. The van der Waals surface area contributed by atoms with Gasteiger partial charge in [0.2, 0.25) is 5.91 Å². The van der Waals surface area contributed by atoms with E-state index in [0.717, 1.165) is 12.1 Å². The predicted molar refractivity (Wildman–Crippen MR) is 75.5 cm³/mol. The molecule has 2 rings (SSSR count). The third kappa shape index (κ3) is 4.49.